The number of rotatable bonds is 0. The summed E-state index contributed by atoms with van der Waals surface area (Å²) in [6.45, 7) is 0. The molecule has 0 fully saturated rings. The van der Waals surface area contributed by atoms with Gasteiger partial charge in [-0.3, -0.25) is 0 Å². The first-order valence-corrected chi connectivity index (χ1v) is 11.5. The van der Waals surface area contributed by atoms with Crippen molar-refractivity contribution in [1.29, 1.82) is 0 Å². The summed E-state index contributed by atoms with van der Waals surface area (Å²) in [6.07, 6.45) is 10.8. The fraction of sp³-hybridized carbons (Fsp3) is 0.267. The van der Waals surface area contributed by atoms with Crippen LogP contribution < -0.4 is 0 Å². The van der Waals surface area contributed by atoms with Gasteiger partial charge in [0.15, 0.2) is 0 Å². The van der Waals surface area contributed by atoms with E-state index in [2.05, 4.69) is 97.1 Å². The van der Waals surface area contributed by atoms with Gasteiger partial charge in [0.2, 0.25) is 0 Å². The molecule has 4 aromatic carbocycles. The molecule has 0 aliphatic heterocycles. The zero-order valence-electron chi connectivity index (χ0n) is 17.9. The summed E-state index contributed by atoms with van der Waals surface area (Å²) in [5, 5.41) is 2.62. The Hall–Kier alpha value is -2.86. The van der Waals surface area contributed by atoms with Gasteiger partial charge in [-0.25, -0.2) is 0 Å². The highest BCUT2D eigenvalue weighted by atomic mass is 14.1. The van der Waals surface area contributed by atoms with E-state index in [1.807, 2.05) is 0 Å². The van der Waals surface area contributed by atoms with Crippen LogP contribution in [0.1, 0.15) is 47.9 Å². The number of benzene rings is 4. The molecule has 0 aromatic heterocycles. The summed E-state index contributed by atoms with van der Waals surface area (Å²) >= 11 is 0. The minimum absolute atomic E-state index is 1.30. The second-order valence-electron chi connectivity index (χ2n) is 8.30. The van der Waals surface area contributed by atoms with Crippen molar-refractivity contribution < 1.29 is 0 Å². The number of hydrogen-bond donors (Lipinski definition) is 0. The van der Waals surface area contributed by atoms with Crippen molar-refractivity contribution in [3.8, 4) is 0 Å². The van der Waals surface area contributed by atoms with Crippen LogP contribution in [-0.2, 0) is 25.7 Å². The maximum absolute atomic E-state index is 2.26. The summed E-state index contributed by atoms with van der Waals surface area (Å²) in [6, 6.07) is 34.3. The van der Waals surface area contributed by atoms with Crippen molar-refractivity contribution in [2.45, 2.75) is 51.4 Å². The fourth-order valence-electron chi connectivity index (χ4n) is 4.49. The van der Waals surface area contributed by atoms with Crippen LogP contribution in [0.2, 0.25) is 0 Å². The van der Waals surface area contributed by atoms with Gasteiger partial charge in [0, 0.05) is 0 Å². The molecule has 0 bridgehead atoms. The smallest absolute Gasteiger partial charge is 0.0184 e. The predicted molar refractivity (Wildman–Crippen MR) is 130 cm³/mol. The van der Waals surface area contributed by atoms with Crippen molar-refractivity contribution in [2.75, 3.05) is 0 Å². The minimum Gasteiger partial charge on any atom is -0.0620 e. The van der Waals surface area contributed by atoms with Gasteiger partial charge in [0.1, 0.15) is 0 Å². The Bertz CT molecular complexity index is 893. The molecule has 0 radical (unpaired) electrons. The van der Waals surface area contributed by atoms with E-state index >= 15 is 0 Å². The molecule has 0 amide bonds. The lowest BCUT2D eigenvalue weighted by Gasteiger charge is -2.13. The first-order valence-electron chi connectivity index (χ1n) is 11.5. The Morgan fingerprint density at radius 1 is 0.300 bits per heavy atom. The normalized spacial score (nSPS) is 14.3. The molecule has 0 spiro atoms. The zero-order chi connectivity index (χ0) is 20.4. The fourth-order valence-corrected chi connectivity index (χ4v) is 4.49. The van der Waals surface area contributed by atoms with E-state index in [1.54, 1.807) is 22.3 Å². The van der Waals surface area contributed by atoms with Crippen LogP contribution in [0.3, 0.4) is 0 Å². The molecule has 2 aliphatic carbocycles. The molecule has 2 aliphatic rings. The molecular weight excluding hydrogens is 360 g/mol. The lowest BCUT2D eigenvalue weighted by Crippen LogP contribution is -2.00. The van der Waals surface area contributed by atoms with Crippen LogP contribution in [0, 0.1) is 0 Å². The van der Waals surface area contributed by atoms with Gasteiger partial charge in [0.25, 0.3) is 0 Å². The third kappa shape index (κ3) is 5.60. The highest BCUT2D eigenvalue weighted by molar-refractivity contribution is 5.82. The van der Waals surface area contributed by atoms with E-state index in [0.29, 0.717) is 0 Å². The highest BCUT2D eigenvalue weighted by Gasteiger charge is 2.06. The van der Waals surface area contributed by atoms with Gasteiger partial charge in [0.05, 0.1) is 0 Å². The van der Waals surface area contributed by atoms with E-state index < -0.39 is 0 Å². The molecule has 30 heavy (non-hydrogen) atoms. The van der Waals surface area contributed by atoms with Crippen LogP contribution in [0.4, 0.5) is 0 Å². The predicted octanol–water partition coefficient (Wildman–Crippen LogP) is 7.97. The Balaban J connectivity index is 0.000000109. The number of fused-ring (bicyclic) bond motifs is 3. The van der Waals surface area contributed by atoms with Crippen LogP contribution in [0.15, 0.2) is 97.1 Å². The molecular formula is C30H32. The molecule has 0 atom stereocenters. The van der Waals surface area contributed by atoms with Crippen molar-refractivity contribution >= 4 is 10.8 Å². The molecule has 152 valence electrons. The van der Waals surface area contributed by atoms with Crippen LogP contribution >= 0.6 is 0 Å². The van der Waals surface area contributed by atoms with Crippen molar-refractivity contribution in [1.82, 2.24) is 0 Å². The van der Waals surface area contributed by atoms with Gasteiger partial charge in [-0.1, -0.05) is 97.1 Å². The topological polar surface area (TPSA) is 0 Å². The van der Waals surface area contributed by atoms with Crippen molar-refractivity contribution in [3.05, 3.63) is 119 Å². The summed E-state index contributed by atoms with van der Waals surface area (Å²) in [5.41, 5.74) is 6.31. The van der Waals surface area contributed by atoms with E-state index in [-0.39, 0.29) is 0 Å². The summed E-state index contributed by atoms with van der Waals surface area (Å²) in [4.78, 5) is 0. The molecule has 0 heterocycles. The lowest BCUT2D eigenvalue weighted by atomic mass is 9.92. The molecule has 0 heteroatoms. The Kier molecular flexibility index (Phi) is 7.34. The Morgan fingerprint density at radius 3 is 0.800 bits per heavy atom. The van der Waals surface area contributed by atoms with E-state index in [1.165, 1.54) is 62.1 Å². The lowest BCUT2D eigenvalue weighted by molar-refractivity contribution is 0.685. The second kappa shape index (κ2) is 10.8. The SMILES string of the molecule is c1ccc2c(c1)CCCC2.c1ccc2c(c1)CCCC2.c1ccc2ccccc2c1. The Morgan fingerprint density at radius 2 is 0.533 bits per heavy atom. The molecule has 0 nitrogen and oxygen atoms in total. The molecule has 6 rings (SSSR count). The average Bonchev–Trinajstić information content (AvgIpc) is 2.85. The highest BCUT2D eigenvalue weighted by Crippen LogP contribution is 2.20. The first kappa shape index (κ1) is 20.4. The quantitative estimate of drug-likeness (QED) is 0.285. The van der Waals surface area contributed by atoms with Crippen LogP contribution in [0.5, 0.6) is 0 Å². The monoisotopic (exact) mass is 392 g/mol. The minimum atomic E-state index is 1.30. The van der Waals surface area contributed by atoms with Crippen molar-refractivity contribution in [3.63, 3.8) is 0 Å². The zero-order valence-corrected chi connectivity index (χ0v) is 17.9. The summed E-state index contributed by atoms with van der Waals surface area (Å²) < 4.78 is 0. The van der Waals surface area contributed by atoms with Gasteiger partial charge in [-0.2, -0.15) is 0 Å². The maximum Gasteiger partial charge on any atom is -0.0184 e. The molecule has 0 saturated carbocycles. The van der Waals surface area contributed by atoms with Crippen molar-refractivity contribution in [2.24, 2.45) is 0 Å². The molecule has 0 unspecified atom stereocenters. The summed E-state index contributed by atoms with van der Waals surface area (Å²) in [5.74, 6) is 0. The van der Waals surface area contributed by atoms with E-state index in [9.17, 15) is 0 Å². The molecule has 0 N–H and O–H groups in total. The van der Waals surface area contributed by atoms with Crippen LogP contribution in [-0.4, -0.2) is 0 Å². The maximum atomic E-state index is 2.26. The number of aryl methyl sites for hydroxylation is 4. The second-order valence-corrected chi connectivity index (χ2v) is 8.30. The third-order valence-electron chi connectivity index (χ3n) is 6.18. The summed E-state index contributed by atoms with van der Waals surface area (Å²) in [7, 11) is 0. The van der Waals surface area contributed by atoms with Crippen LogP contribution in [0.25, 0.3) is 10.8 Å². The van der Waals surface area contributed by atoms with Gasteiger partial charge < -0.3 is 0 Å². The first-order chi connectivity index (χ1) is 14.9. The molecule has 0 saturated heterocycles. The van der Waals surface area contributed by atoms with Gasteiger partial charge in [-0.15, -0.1) is 0 Å². The largest absolute Gasteiger partial charge is 0.0620 e. The van der Waals surface area contributed by atoms with E-state index in [4.69, 9.17) is 0 Å². The molecule has 4 aromatic rings. The van der Waals surface area contributed by atoms with Gasteiger partial charge in [-0.05, 0) is 84.4 Å². The standard InChI is InChI=1S/2C10H12.C10H8/c3*1-2-6-10-8-4-3-7-9(10)5-1/h2*1-2,5-6H,3-4,7-8H2;1-8H. The van der Waals surface area contributed by atoms with Gasteiger partial charge >= 0.3 is 0 Å². The third-order valence-corrected chi connectivity index (χ3v) is 6.18. The average molecular weight is 393 g/mol. The van der Waals surface area contributed by atoms with E-state index in [0.717, 1.165) is 0 Å². The Labute approximate surface area is 181 Å². The number of hydrogen-bond acceptors (Lipinski definition) is 0.